The van der Waals surface area contributed by atoms with E-state index in [1.165, 1.54) is 18.2 Å². The van der Waals surface area contributed by atoms with Gasteiger partial charge in [-0.3, -0.25) is 0 Å². The molecule has 0 unspecified atom stereocenters. The van der Waals surface area contributed by atoms with Crippen LogP contribution >= 0.6 is 12.2 Å². The van der Waals surface area contributed by atoms with Crippen molar-refractivity contribution in [2.75, 3.05) is 0 Å². The van der Waals surface area contributed by atoms with E-state index in [-0.39, 0.29) is 5.56 Å². The van der Waals surface area contributed by atoms with E-state index < -0.39 is 17.5 Å². The van der Waals surface area contributed by atoms with E-state index >= 15 is 0 Å². The van der Waals surface area contributed by atoms with E-state index in [0.717, 1.165) is 6.42 Å². The molecule has 144 valence electrons. The second kappa shape index (κ2) is 9.34. The highest BCUT2D eigenvalue weighted by molar-refractivity contribution is 7.78. The molecular weight excluding hydrogens is 391 g/mol. The SMILES string of the molecule is CCCc1cc(F)c(C#Cc2ccc(-c3ccc(N=C=S)cc3)c(F)c2)c(F)c1. The largest absolute Gasteiger partial charge is 0.206 e. The molecule has 3 aromatic rings. The van der Waals surface area contributed by atoms with E-state index in [1.54, 1.807) is 36.4 Å². The van der Waals surface area contributed by atoms with Gasteiger partial charge in [0.1, 0.15) is 17.5 Å². The van der Waals surface area contributed by atoms with Crippen LogP contribution in [0.5, 0.6) is 0 Å². The number of rotatable bonds is 4. The Morgan fingerprint density at radius 1 is 0.862 bits per heavy atom. The molecule has 0 amide bonds. The van der Waals surface area contributed by atoms with Gasteiger partial charge in [0.05, 0.1) is 16.4 Å². The lowest BCUT2D eigenvalue weighted by molar-refractivity contribution is 0.573. The van der Waals surface area contributed by atoms with Gasteiger partial charge in [-0.2, -0.15) is 4.99 Å². The van der Waals surface area contributed by atoms with E-state index in [0.29, 0.717) is 34.4 Å². The molecule has 0 heterocycles. The molecule has 0 N–H and O–H groups in total. The minimum absolute atomic E-state index is 0.316. The summed E-state index contributed by atoms with van der Waals surface area (Å²) < 4.78 is 42.8. The number of isothiocyanates is 1. The van der Waals surface area contributed by atoms with Crippen LogP contribution < -0.4 is 0 Å². The average Bonchev–Trinajstić information content (AvgIpc) is 2.69. The molecule has 3 rings (SSSR count). The number of nitrogens with zero attached hydrogens (tertiary/aromatic N) is 1. The first kappa shape index (κ1) is 20.5. The first-order valence-corrected chi connectivity index (χ1v) is 9.40. The van der Waals surface area contributed by atoms with E-state index in [2.05, 4.69) is 34.2 Å². The zero-order valence-electron chi connectivity index (χ0n) is 15.6. The van der Waals surface area contributed by atoms with Crippen molar-refractivity contribution in [3.63, 3.8) is 0 Å². The molecule has 0 radical (unpaired) electrons. The molecule has 0 saturated heterocycles. The van der Waals surface area contributed by atoms with Gasteiger partial charge < -0.3 is 0 Å². The highest BCUT2D eigenvalue weighted by atomic mass is 32.1. The zero-order chi connectivity index (χ0) is 20.8. The summed E-state index contributed by atoms with van der Waals surface area (Å²) in [7, 11) is 0. The summed E-state index contributed by atoms with van der Waals surface area (Å²) in [6.45, 7) is 1.93. The predicted molar refractivity (Wildman–Crippen MR) is 113 cm³/mol. The Balaban J connectivity index is 1.88. The van der Waals surface area contributed by atoms with Gasteiger partial charge in [0.2, 0.25) is 0 Å². The molecule has 0 aliphatic carbocycles. The molecule has 29 heavy (non-hydrogen) atoms. The van der Waals surface area contributed by atoms with Crippen LogP contribution in [-0.4, -0.2) is 5.16 Å². The quantitative estimate of drug-likeness (QED) is 0.261. The van der Waals surface area contributed by atoms with Gasteiger partial charge in [-0.05, 0) is 66.2 Å². The fraction of sp³-hybridized carbons (Fsp3) is 0.125. The molecule has 1 nitrogen and oxygen atoms in total. The molecule has 0 saturated carbocycles. The van der Waals surface area contributed by atoms with Gasteiger partial charge in [-0.1, -0.05) is 43.4 Å². The minimum atomic E-state index is -0.711. The summed E-state index contributed by atoms with van der Waals surface area (Å²) in [6, 6.07) is 13.9. The van der Waals surface area contributed by atoms with Gasteiger partial charge in [0, 0.05) is 11.1 Å². The number of hydrogen-bond acceptors (Lipinski definition) is 2. The summed E-state index contributed by atoms with van der Waals surface area (Å²) in [5, 5.41) is 2.27. The molecule has 5 heteroatoms. The van der Waals surface area contributed by atoms with Crippen LogP contribution in [0.4, 0.5) is 18.9 Å². The Morgan fingerprint density at radius 2 is 1.55 bits per heavy atom. The van der Waals surface area contributed by atoms with Crippen molar-refractivity contribution in [3.05, 3.63) is 88.7 Å². The van der Waals surface area contributed by atoms with E-state index in [9.17, 15) is 13.2 Å². The summed E-state index contributed by atoms with van der Waals surface area (Å²) in [5.41, 5.74) is 2.27. The molecule has 3 aromatic carbocycles. The van der Waals surface area contributed by atoms with Crippen molar-refractivity contribution in [3.8, 4) is 23.0 Å². The number of aryl methyl sites for hydroxylation is 1. The van der Waals surface area contributed by atoms with Crippen molar-refractivity contribution in [2.45, 2.75) is 19.8 Å². The maximum absolute atomic E-state index is 14.5. The highest BCUT2D eigenvalue weighted by Gasteiger charge is 2.09. The zero-order valence-corrected chi connectivity index (χ0v) is 16.4. The van der Waals surface area contributed by atoms with Gasteiger partial charge in [-0.15, -0.1) is 0 Å². The van der Waals surface area contributed by atoms with Crippen LogP contribution in [0.15, 0.2) is 59.6 Å². The highest BCUT2D eigenvalue weighted by Crippen LogP contribution is 2.26. The second-order valence-corrected chi connectivity index (χ2v) is 6.56. The van der Waals surface area contributed by atoms with Gasteiger partial charge in [0.15, 0.2) is 0 Å². The lowest BCUT2D eigenvalue weighted by atomic mass is 10.0. The van der Waals surface area contributed by atoms with Crippen molar-refractivity contribution in [1.82, 2.24) is 0 Å². The summed E-state index contributed by atoms with van der Waals surface area (Å²) >= 11 is 4.55. The molecule has 0 aliphatic heterocycles. The normalized spacial score (nSPS) is 10.1. The lowest BCUT2D eigenvalue weighted by Crippen LogP contribution is -1.95. The lowest BCUT2D eigenvalue weighted by Gasteiger charge is -2.05. The Hall–Kier alpha value is -3.19. The maximum atomic E-state index is 14.5. The van der Waals surface area contributed by atoms with E-state index in [4.69, 9.17) is 0 Å². The summed E-state index contributed by atoms with van der Waals surface area (Å²) in [5.74, 6) is 3.21. The average molecular weight is 407 g/mol. The smallest absolute Gasteiger partial charge is 0.142 e. The third-order valence-corrected chi connectivity index (χ3v) is 4.39. The number of halogens is 3. The second-order valence-electron chi connectivity index (χ2n) is 6.38. The van der Waals surface area contributed by atoms with Crippen molar-refractivity contribution in [1.29, 1.82) is 0 Å². The van der Waals surface area contributed by atoms with Gasteiger partial charge >= 0.3 is 0 Å². The molecule has 0 spiro atoms. The first-order valence-electron chi connectivity index (χ1n) is 8.99. The summed E-state index contributed by atoms with van der Waals surface area (Å²) in [6.07, 6.45) is 1.38. The number of benzene rings is 3. The summed E-state index contributed by atoms with van der Waals surface area (Å²) in [4.78, 5) is 3.85. The Morgan fingerprint density at radius 3 is 2.14 bits per heavy atom. The molecule has 0 fully saturated rings. The standard InChI is InChI=1S/C24H16F3NS/c1-2-3-17-13-23(26)21(24(27)14-17)11-5-16-4-10-20(22(25)12-16)18-6-8-19(9-7-18)28-15-29/h4,6-10,12-14H,2-3H2,1H3. The van der Waals surface area contributed by atoms with Crippen LogP contribution in [-0.2, 0) is 6.42 Å². The molecule has 0 aliphatic rings. The van der Waals surface area contributed by atoms with Gasteiger partial charge in [-0.25, -0.2) is 13.2 Å². The maximum Gasteiger partial charge on any atom is 0.142 e. The molecule has 0 atom stereocenters. The number of hydrogen-bond donors (Lipinski definition) is 0. The van der Waals surface area contributed by atoms with Crippen LogP contribution in [0, 0.1) is 29.3 Å². The first-order chi connectivity index (χ1) is 14.0. The van der Waals surface area contributed by atoms with Gasteiger partial charge in [0.25, 0.3) is 0 Å². The number of thiocarbonyl (C=S) groups is 1. The predicted octanol–water partition coefficient (Wildman–Crippen LogP) is 6.86. The van der Waals surface area contributed by atoms with Crippen molar-refractivity contribution < 1.29 is 13.2 Å². The van der Waals surface area contributed by atoms with Crippen LogP contribution in [0.3, 0.4) is 0 Å². The van der Waals surface area contributed by atoms with Crippen molar-refractivity contribution in [2.24, 2.45) is 4.99 Å². The third kappa shape index (κ3) is 5.00. The Kier molecular flexibility index (Phi) is 6.61. The third-order valence-electron chi connectivity index (χ3n) is 4.29. The van der Waals surface area contributed by atoms with Crippen LogP contribution in [0.1, 0.15) is 30.0 Å². The Labute approximate surface area is 172 Å². The monoisotopic (exact) mass is 407 g/mol. The van der Waals surface area contributed by atoms with Crippen molar-refractivity contribution >= 4 is 23.1 Å². The van der Waals surface area contributed by atoms with Crippen LogP contribution in [0.25, 0.3) is 11.1 Å². The minimum Gasteiger partial charge on any atom is -0.206 e. The van der Waals surface area contributed by atoms with E-state index in [1.807, 2.05) is 6.92 Å². The number of aliphatic imine (C=N–C) groups is 1. The topological polar surface area (TPSA) is 12.4 Å². The fourth-order valence-electron chi connectivity index (χ4n) is 2.91. The fourth-order valence-corrected chi connectivity index (χ4v) is 3.01. The van der Waals surface area contributed by atoms with Crippen LogP contribution in [0.2, 0.25) is 0 Å². The molecule has 0 aromatic heterocycles. The molecular formula is C24H16F3NS. The Bertz CT molecular complexity index is 1130. The molecule has 0 bridgehead atoms.